The molecule has 1 aromatic rings. The van der Waals surface area contributed by atoms with Crippen molar-refractivity contribution in [1.82, 2.24) is 10.1 Å². The van der Waals surface area contributed by atoms with Crippen molar-refractivity contribution in [1.29, 1.82) is 0 Å². The molecule has 1 N–H and O–H groups in total. The van der Waals surface area contributed by atoms with Crippen molar-refractivity contribution in [3.63, 3.8) is 0 Å². The second-order valence-corrected chi connectivity index (χ2v) is 5.27. The van der Waals surface area contributed by atoms with Gasteiger partial charge in [0, 0.05) is 11.3 Å². The van der Waals surface area contributed by atoms with E-state index in [1.165, 1.54) is 6.42 Å². The lowest BCUT2D eigenvalue weighted by Gasteiger charge is -2.04. The summed E-state index contributed by atoms with van der Waals surface area (Å²) >= 11 is 1.85. The Hall–Kier alpha value is -0.710. The average Bonchev–Trinajstić information content (AvgIpc) is 2.61. The third kappa shape index (κ3) is 4.55. The Balaban J connectivity index is 2.39. The van der Waals surface area contributed by atoms with Gasteiger partial charge in [-0.25, -0.2) is 0 Å². The molecule has 0 saturated heterocycles. The number of aromatic nitrogens is 2. The molecule has 1 rings (SSSR count). The van der Waals surface area contributed by atoms with E-state index in [0.717, 1.165) is 11.6 Å². The highest BCUT2D eigenvalue weighted by molar-refractivity contribution is 7.99. The van der Waals surface area contributed by atoms with E-state index in [1.807, 2.05) is 25.6 Å². The molecule has 5 heteroatoms. The Morgan fingerprint density at radius 3 is 2.73 bits per heavy atom. The Labute approximate surface area is 95.2 Å². The van der Waals surface area contributed by atoms with E-state index in [-0.39, 0.29) is 0 Å². The fourth-order valence-electron chi connectivity index (χ4n) is 0.953. The van der Waals surface area contributed by atoms with Gasteiger partial charge in [0.15, 0.2) is 5.82 Å². The van der Waals surface area contributed by atoms with E-state index in [1.54, 1.807) is 0 Å². The van der Waals surface area contributed by atoms with Gasteiger partial charge in [-0.05, 0) is 20.3 Å². The molecule has 86 valence electrons. The van der Waals surface area contributed by atoms with Gasteiger partial charge in [0.1, 0.15) is 0 Å². The molecule has 1 heterocycles. The maximum absolute atomic E-state index is 5.06. The van der Waals surface area contributed by atoms with Gasteiger partial charge in [-0.15, -0.1) is 0 Å². The van der Waals surface area contributed by atoms with E-state index in [0.29, 0.717) is 17.3 Å². The summed E-state index contributed by atoms with van der Waals surface area (Å²) in [5.74, 6) is 1.58. The molecule has 0 spiro atoms. The second-order valence-electron chi connectivity index (χ2n) is 3.84. The van der Waals surface area contributed by atoms with Crippen LogP contribution in [0.3, 0.4) is 0 Å². The number of hydrogen-bond acceptors (Lipinski definition) is 5. The molecule has 0 aliphatic carbocycles. The lowest BCUT2D eigenvalue weighted by Crippen LogP contribution is -2.09. The summed E-state index contributed by atoms with van der Waals surface area (Å²) in [6.07, 6.45) is 1.17. The van der Waals surface area contributed by atoms with Crippen molar-refractivity contribution < 1.29 is 4.52 Å². The fourth-order valence-corrected chi connectivity index (χ4v) is 1.74. The molecule has 1 aromatic heterocycles. The van der Waals surface area contributed by atoms with Crippen LogP contribution in [0.4, 0.5) is 6.01 Å². The van der Waals surface area contributed by atoms with Crippen molar-refractivity contribution in [2.75, 3.05) is 5.32 Å². The first kappa shape index (κ1) is 12.4. The highest BCUT2D eigenvalue weighted by Gasteiger charge is 2.08. The first-order chi connectivity index (χ1) is 7.11. The lowest BCUT2D eigenvalue weighted by atomic mass is 10.4. The Kier molecular flexibility index (Phi) is 4.94. The molecular weight excluding hydrogens is 210 g/mol. The average molecular weight is 229 g/mol. The summed E-state index contributed by atoms with van der Waals surface area (Å²) in [5.41, 5.74) is 0. The van der Waals surface area contributed by atoms with Gasteiger partial charge in [-0.1, -0.05) is 19.0 Å². The van der Waals surface area contributed by atoms with Crippen LogP contribution in [0.5, 0.6) is 0 Å². The third-order valence-corrected chi connectivity index (χ3v) is 3.28. The number of anilines is 1. The maximum Gasteiger partial charge on any atom is 0.321 e. The Bertz CT molecular complexity index is 288. The van der Waals surface area contributed by atoms with Gasteiger partial charge in [0.05, 0.1) is 5.75 Å². The second kappa shape index (κ2) is 6.00. The molecule has 0 fully saturated rings. The van der Waals surface area contributed by atoms with E-state index >= 15 is 0 Å². The summed E-state index contributed by atoms with van der Waals surface area (Å²) in [5, 5.41) is 7.63. The zero-order chi connectivity index (χ0) is 11.3. The number of rotatable bonds is 6. The molecule has 0 bridgehead atoms. The summed E-state index contributed by atoms with van der Waals surface area (Å²) in [6, 6.07) is 0.838. The quantitative estimate of drug-likeness (QED) is 0.812. The van der Waals surface area contributed by atoms with Gasteiger partial charge in [-0.2, -0.15) is 16.7 Å². The van der Waals surface area contributed by atoms with Crippen LogP contribution in [0.15, 0.2) is 4.52 Å². The molecule has 15 heavy (non-hydrogen) atoms. The number of hydrogen-bond donors (Lipinski definition) is 1. The van der Waals surface area contributed by atoms with Crippen LogP contribution in [0, 0.1) is 0 Å². The minimum absolute atomic E-state index is 0.320. The van der Waals surface area contributed by atoms with Crippen LogP contribution >= 0.6 is 11.8 Å². The molecule has 4 nitrogen and oxygen atoms in total. The minimum Gasteiger partial charge on any atom is -0.336 e. The first-order valence-corrected chi connectivity index (χ1v) is 6.37. The summed E-state index contributed by atoms with van der Waals surface area (Å²) in [6.45, 7) is 8.47. The van der Waals surface area contributed by atoms with Crippen molar-refractivity contribution >= 4 is 17.8 Å². The van der Waals surface area contributed by atoms with Crippen molar-refractivity contribution in [2.45, 2.75) is 51.2 Å². The highest BCUT2D eigenvalue weighted by atomic mass is 32.2. The number of nitrogens with one attached hydrogen (secondary N) is 1. The van der Waals surface area contributed by atoms with Crippen molar-refractivity contribution in [3.8, 4) is 0 Å². The topological polar surface area (TPSA) is 51.0 Å². The number of thioether (sulfide) groups is 1. The van der Waals surface area contributed by atoms with Gasteiger partial charge in [-0.3, -0.25) is 0 Å². The maximum atomic E-state index is 5.06. The normalized spacial score (nSPS) is 13.1. The predicted molar refractivity (Wildman–Crippen MR) is 64.1 cm³/mol. The van der Waals surface area contributed by atoms with Crippen molar-refractivity contribution in [2.24, 2.45) is 0 Å². The third-order valence-electron chi connectivity index (χ3n) is 1.95. The van der Waals surface area contributed by atoms with Crippen LogP contribution in [-0.2, 0) is 5.75 Å². The Morgan fingerprint density at radius 2 is 2.13 bits per heavy atom. The first-order valence-electron chi connectivity index (χ1n) is 5.32. The molecule has 0 amide bonds. The molecule has 0 aliphatic rings. The summed E-state index contributed by atoms with van der Waals surface area (Å²) < 4.78 is 5.06. The highest BCUT2D eigenvalue weighted by Crippen LogP contribution is 2.18. The van der Waals surface area contributed by atoms with E-state index in [9.17, 15) is 0 Å². The SMILES string of the molecule is CCC(C)SCc1noc(NC(C)C)n1. The van der Waals surface area contributed by atoms with Crippen LogP contribution in [0.25, 0.3) is 0 Å². The van der Waals surface area contributed by atoms with Gasteiger partial charge in [0.2, 0.25) is 0 Å². The van der Waals surface area contributed by atoms with Crippen molar-refractivity contribution in [3.05, 3.63) is 5.82 Å². The smallest absolute Gasteiger partial charge is 0.321 e. The monoisotopic (exact) mass is 229 g/mol. The van der Waals surface area contributed by atoms with Crippen LogP contribution < -0.4 is 5.32 Å². The van der Waals surface area contributed by atoms with E-state index < -0.39 is 0 Å². The zero-order valence-corrected chi connectivity index (χ0v) is 10.6. The largest absolute Gasteiger partial charge is 0.336 e. The molecule has 0 radical (unpaired) electrons. The van der Waals surface area contributed by atoms with Gasteiger partial charge in [0.25, 0.3) is 0 Å². The fraction of sp³-hybridized carbons (Fsp3) is 0.800. The standard InChI is InChI=1S/C10H19N3OS/c1-5-8(4)15-6-9-12-10(14-13-9)11-7(2)3/h7-8H,5-6H2,1-4H3,(H,11,12,13). The molecule has 1 unspecified atom stereocenters. The molecule has 0 saturated carbocycles. The van der Waals surface area contributed by atoms with Crippen LogP contribution in [0.2, 0.25) is 0 Å². The molecular formula is C10H19N3OS. The summed E-state index contributed by atoms with van der Waals surface area (Å²) in [4.78, 5) is 4.25. The minimum atomic E-state index is 0.320. The predicted octanol–water partition coefficient (Wildman–Crippen LogP) is 2.92. The van der Waals surface area contributed by atoms with E-state index in [4.69, 9.17) is 4.52 Å². The summed E-state index contributed by atoms with van der Waals surface area (Å²) in [7, 11) is 0. The number of nitrogens with zero attached hydrogens (tertiary/aromatic N) is 2. The molecule has 1 atom stereocenters. The molecule has 0 aliphatic heterocycles. The van der Waals surface area contributed by atoms with Crippen LogP contribution in [-0.4, -0.2) is 21.4 Å². The van der Waals surface area contributed by atoms with Gasteiger partial charge >= 0.3 is 6.01 Å². The van der Waals surface area contributed by atoms with E-state index in [2.05, 4.69) is 29.3 Å². The van der Waals surface area contributed by atoms with Gasteiger partial charge < -0.3 is 9.84 Å². The van der Waals surface area contributed by atoms with Crippen LogP contribution in [0.1, 0.15) is 39.9 Å². The Morgan fingerprint density at radius 1 is 1.40 bits per heavy atom. The lowest BCUT2D eigenvalue weighted by molar-refractivity contribution is 0.422. The zero-order valence-electron chi connectivity index (χ0n) is 9.78. The molecule has 0 aromatic carbocycles.